The number of aryl methyl sites for hydroxylation is 1. The second kappa shape index (κ2) is 8.15. The van der Waals surface area contributed by atoms with Gasteiger partial charge in [0, 0.05) is 22.3 Å². The van der Waals surface area contributed by atoms with Gasteiger partial charge in [-0.1, -0.05) is 30.3 Å². The van der Waals surface area contributed by atoms with Gasteiger partial charge in [-0.25, -0.2) is 9.97 Å². The number of hydrogen-bond donors (Lipinski definition) is 1. The van der Waals surface area contributed by atoms with Crippen molar-refractivity contribution in [3.8, 4) is 11.6 Å². The molecule has 0 saturated carbocycles. The van der Waals surface area contributed by atoms with E-state index in [1.165, 1.54) is 13.3 Å². The van der Waals surface area contributed by atoms with Gasteiger partial charge in [-0.05, 0) is 38.1 Å². The number of hydrogen-bond acceptors (Lipinski definition) is 8. The van der Waals surface area contributed by atoms with E-state index < -0.39 is 10.6 Å². The van der Waals surface area contributed by atoms with Crippen LogP contribution in [-0.4, -0.2) is 25.7 Å². The average molecular weight is 415 g/mol. The molecule has 0 unspecified atom stereocenters. The molecule has 0 aliphatic heterocycles. The zero-order chi connectivity index (χ0) is 22.0. The fourth-order valence-electron chi connectivity index (χ4n) is 3.05. The van der Waals surface area contributed by atoms with Crippen molar-refractivity contribution in [3.05, 3.63) is 82.3 Å². The number of nitro groups is 1. The molecule has 9 heteroatoms. The van der Waals surface area contributed by atoms with Gasteiger partial charge in [-0.15, -0.1) is 0 Å². The van der Waals surface area contributed by atoms with Gasteiger partial charge in [-0.3, -0.25) is 14.9 Å². The van der Waals surface area contributed by atoms with Crippen molar-refractivity contribution in [2.45, 2.75) is 13.8 Å². The van der Waals surface area contributed by atoms with Crippen molar-refractivity contribution in [2.75, 3.05) is 5.32 Å². The highest BCUT2D eigenvalue weighted by atomic mass is 16.6. The number of benzene rings is 2. The topological polar surface area (TPSA) is 120 Å². The van der Waals surface area contributed by atoms with Gasteiger partial charge >= 0.3 is 11.6 Å². The zero-order valence-electron chi connectivity index (χ0n) is 16.7. The lowest BCUT2D eigenvalue weighted by Crippen LogP contribution is -2.04. The van der Waals surface area contributed by atoms with Crippen LogP contribution in [0.15, 0.2) is 60.9 Å². The van der Waals surface area contributed by atoms with Crippen LogP contribution in [-0.2, 0) is 0 Å². The van der Waals surface area contributed by atoms with E-state index in [0.717, 1.165) is 11.1 Å². The van der Waals surface area contributed by atoms with Gasteiger partial charge in [0.25, 0.3) is 0 Å². The zero-order valence-corrected chi connectivity index (χ0v) is 16.7. The molecule has 0 spiro atoms. The van der Waals surface area contributed by atoms with Crippen molar-refractivity contribution in [1.29, 1.82) is 0 Å². The Morgan fingerprint density at radius 3 is 2.68 bits per heavy atom. The van der Waals surface area contributed by atoms with E-state index in [9.17, 15) is 14.9 Å². The van der Waals surface area contributed by atoms with Crippen LogP contribution >= 0.6 is 0 Å². The molecule has 0 aliphatic carbocycles. The van der Waals surface area contributed by atoms with Gasteiger partial charge in [0.2, 0.25) is 5.82 Å². The maximum absolute atomic E-state index is 11.9. The van der Waals surface area contributed by atoms with Crippen LogP contribution in [0.1, 0.15) is 23.0 Å². The number of nitrogens with zero attached hydrogens (tertiary/aromatic N) is 4. The fraction of sp³-hybridized carbons (Fsp3) is 0.0909. The number of ketones is 1. The van der Waals surface area contributed by atoms with E-state index in [1.54, 1.807) is 36.4 Å². The van der Waals surface area contributed by atoms with Crippen LogP contribution in [0.4, 0.5) is 17.2 Å². The number of carbonyl (C=O) groups is 1. The molecule has 0 atom stereocenters. The molecule has 4 rings (SSSR count). The number of para-hydroxylation sites is 1. The first-order valence-corrected chi connectivity index (χ1v) is 9.34. The Balaban J connectivity index is 1.75. The lowest BCUT2D eigenvalue weighted by molar-refractivity contribution is -0.385. The Bertz CT molecular complexity index is 1320. The summed E-state index contributed by atoms with van der Waals surface area (Å²) in [5.41, 5.74) is 1.87. The summed E-state index contributed by atoms with van der Waals surface area (Å²) in [6.07, 6.45) is 1.17. The summed E-state index contributed by atoms with van der Waals surface area (Å²) in [6, 6.07) is 15.7. The van der Waals surface area contributed by atoms with Crippen molar-refractivity contribution < 1.29 is 14.5 Å². The van der Waals surface area contributed by atoms with E-state index in [-0.39, 0.29) is 17.5 Å². The molecule has 0 saturated heterocycles. The van der Waals surface area contributed by atoms with Gasteiger partial charge < -0.3 is 10.1 Å². The van der Waals surface area contributed by atoms with Gasteiger partial charge in [-0.2, -0.15) is 4.98 Å². The van der Waals surface area contributed by atoms with Crippen LogP contribution in [0.5, 0.6) is 11.6 Å². The van der Waals surface area contributed by atoms with E-state index in [0.29, 0.717) is 22.5 Å². The minimum atomic E-state index is -0.615. The number of carbonyl (C=O) groups excluding carboxylic acids is 1. The third-order valence-electron chi connectivity index (χ3n) is 4.53. The van der Waals surface area contributed by atoms with Crippen molar-refractivity contribution in [1.82, 2.24) is 15.0 Å². The van der Waals surface area contributed by atoms with Crippen LogP contribution in [0.3, 0.4) is 0 Å². The predicted octanol–water partition coefficient (Wildman–Crippen LogP) is 4.98. The summed E-state index contributed by atoms with van der Waals surface area (Å²) in [4.78, 5) is 35.3. The normalized spacial score (nSPS) is 10.6. The molecule has 0 amide bonds. The Kier molecular flexibility index (Phi) is 5.23. The number of fused-ring (bicyclic) bond motifs is 1. The van der Waals surface area contributed by atoms with Gasteiger partial charge in [0.15, 0.2) is 11.5 Å². The summed E-state index contributed by atoms with van der Waals surface area (Å²) < 4.78 is 5.83. The number of ether oxygens (including phenoxy) is 1. The smallest absolute Gasteiger partial charge is 0.373 e. The summed E-state index contributed by atoms with van der Waals surface area (Å²) in [6.45, 7) is 3.29. The monoisotopic (exact) mass is 415 g/mol. The number of nitrogens with one attached hydrogen (secondary N) is 1. The highest BCUT2D eigenvalue weighted by Gasteiger charge is 2.26. The Morgan fingerprint density at radius 2 is 1.90 bits per heavy atom. The number of anilines is 2. The number of aromatic nitrogens is 3. The standard InChI is InChI=1S/C22H17N5O4/c1-13-9-10-15-5-4-8-18(19(15)25-13)31-22-20(27(29)30)21(23-12-24-22)26-17-7-3-6-16(11-17)14(2)28/h3-12H,1-2H3,(H,23,24,26). The highest BCUT2D eigenvalue weighted by molar-refractivity contribution is 5.95. The molecule has 0 radical (unpaired) electrons. The first kappa shape index (κ1) is 19.9. The lowest BCUT2D eigenvalue weighted by atomic mass is 10.1. The molecule has 0 bridgehead atoms. The minimum absolute atomic E-state index is 0.0555. The van der Waals surface area contributed by atoms with E-state index in [4.69, 9.17) is 4.74 Å². The predicted molar refractivity (Wildman–Crippen MR) is 115 cm³/mol. The van der Waals surface area contributed by atoms with E-state index >= 15 is 0 Å². The first-order valence-electron chi connectivity index (χ1n) is 9.34. The van der Waals surface area contributed by atoms with Gasteiger partial charge in [0.05, 0.1) is 4.92 Å². The first-order chi connectivity index (χ1) is 14.9. The van der Waals surface area contributed by atoms with E-state index in [2.05, 4.69) is 20.3 Å². The molecule has 4 aromatic rings. The SMILES string of the molecule is CC(=O)c1cccc(Nc2ncnc(Oc3cccc4ccc(C)nc34)c2[N+](=O)[O-])c1. The Morgan fingerprint density at radius 1 is 1.10 bits per heavy atom. The molecule has 0 fully saturated rings. The minimum Gasteiger partial charge on any atom is -0.431 e. The molecule has 0 aliphatic rings. The molecule has 2 aromatic heterocycles. The number of rotatable bonds is 6. The summed E-state index contributed by atoms with van der Waals surface area (Å²) in [7, 11) is 0. The molecule has 9 nitrogen and oxygen atoms in total. The fourth-order valence-corrected chi connectivity index (χ4v) is 3.05. The maximum Gasteiger partial charge on any atom is 0.373 e. The molecule has 2 heterocycles. The van der Waals surface area contributed by atoms with Gasteiger partial charge in [0.1, 0.15) is 11.8 Å². The molecule has 154 valence electrons. The quantitative estimate of drug-likeness (QED) is 0.266. The third-order valence-corrected chi connectivity index (χ3v) is 4.53. The van der Waals surface area contributed by atoms with Crippen LogP contribution in [0, 0.1) is 17.0 Å². The molecule has 31 heavy (non-hydrogen) atoms. The molecule has 1 N–H and O–H groups in total. The summed E-state index contributed by atoms with van der Waals surface area (Å²) in [5.74, 6) is -0.0581. The number of Topliss-reactive ketones (excluding diaryl/α,β-unsaturated/α-hetero) is 1. The molecular formula is C22H17N5O4. The Labute approximate surface area is 176 Å². The van der Waals surface area contributed by atoms with Crippen molar-refractivity contribution >= 4 is 33.9 Å². The highest BCUT2D eigenvalue weighted by Crippen LogP contribution is 2.37. The second-order valence-corrected chi connectivity index (χ2v) is 6.78. The second-order valence-electron chi connectivity index (χ2n) is 6.78. The van der Waals surface area contributed by atoms with E-state index in [1.807, 2.05) is 25.1 Å². The number of pyridine rings is 1. The van der Waals surface area contributed by atoms with Crippen molar-refractivity contribution in [2.24, 2.45) is 0 Å². The molecule has 2 aromatic carbocycles. The van der Waals surface area contributed by atoms with Crippen molar-refractivity contribution in [3.63, 3.8) is 0 Å². The summed E-state index contributed by atoms with van der Waals surface area (Å²) in [5, 5.41) is 15.6. The Hall–Kier alpha value is -4.40. The summed E-state index contributed by atoms with van der Waals surface area (Å²) >= 11 is 0. The van der Waals surface area contributed by atoms with Crippen LogP contribution in [0.25, 0.3) is 10.9 Å². The molecular weight excluding hydrogens is 398 g/mol. The third kappa shape index (κ3) is 4.15. The largest absolute Gasteiger partial charge is 0.431 e. The maximum atomic E-state index is 11.9. The average Bonchev–Trinajstić information content (AvgIpc) is 2.74. The van der Waals surface area contributed by atoms with Crippen LogP contribution in [0.2, 0.25) is 0 Å². The van der Waals surface area contributed by atoms with Crippen LogP contribution < -0.4 is 10.1 Å². The lowest BCUT2D eigenvalue weighted by Gasteiger charge is -2.11.